The first-order valence-corrected chi connectivity index (χ1v) is 12.8. The fourth-order valence-corrected chi connectivity index (χ4v) is 4.08. The van der Waals surface area contributed by atoms with E-state index in [2.05, 4.69) is 79.7 Å². The van der Waals surface area contributed by atoms with Crippen LogP contribution in [0.3, 0.4) is 0 Å². The Morgan fingerprint density at radius 1 is 0.647 bits per heavy atom. The summed E-state index contributed by atoms with van der Waals surface area (Å²) in [6.07, 6.45) is 11.8. The lowest BCUT2D eigenvalue weighted by atomic mass is 9.99. The average molecular weight is 455 g/mol. The van der Waals surface area contributed by atoms with Crippen LogP contribution in [0.25, 0.3) is 28.3 Å². The topological polar surface area (TPSA) is 26.3 Å². The van der Waals surface area contributed by atoms with Crippen LogP contribution >= 0.6 is 0 Å². The molecule has 0 fully saturated rings. The predicted molar refractivity (Wildman–Crippen MR) is 145 cm³/mol. The van der Waals surface area contributed by atoms with E-state index in [1.165, 1.54) is 55.2 Å². The normalized spacial score (nSPS) is 11.4. The zero-order valence-corrected chi connectivity index (χ0v) is 20.8. The zero-order valence-electron chi connectivity index (χ0n) is 20.8. The van der Waals surface area contributed by atoms with Crippen LogP contribution in [-0.2, 0) is 9.53 Å². The lowest BCUT2D eigenvalue weighted by Gasteiger charge is -2.07. The third-order valence-corrected chi connectivity index (χ3v) is 6.17. The molecule has 3 aromatic rings. The molecule has 0 aliphatic heterocycles. The van der Waals surface area contributed by atoms with E-state index in [0.29, 0.717) is 12.2 Å². The van der Waals surface area contributed by atoms with Crippen LogP contribution in [0.1, 0.15) is 70.8 Å². The second-order valence-corrected chi connectivity index (χ2v) is 9.00. The number of esters is 1. The molecule has 0 saturated heterocycles. The van der Waals surface area contributed by atoms with Crippen LogP contribution in [0.15, 0.2) is 84.4 Å². The molecule has 3 aromatic carbocycles. The second-order valence-electron chi connectivity index (χ2n) is 9.00. The minimum absolute atomic E-state index is 0.219. The molecule has 2 nitrogen and oxygen atoms in total. The Hall–Kier alpha value is -3.13. The van der Waals surface area contributed by atoms with E-state index in [1.807, 2.05) is 19.1 Å². The largest absolute Gasteiger partial charge is 0.462 e. The molecule has 0 spiro atoms. The average Bonchev–Trinajstić information content (AvgIpc) is 2.88. The van der Waals surface area contributed by atoms with Gasteiger partial charge in [-0.3, -0.25) is 0 Å². The second kappa shape index (κ2) is 14.2. The maximum absolute atomic E-state index is 12.3. The van der Waals surface area contributed by atoms with Crippen molar-refractivity contribution in [3.63, 3.8) is 0 Å². The van der Waals surface area contributed by atoms with Gasteiger partial charge < -0.3 is 4.74 Å². The van der Waals surface area contributed by atoms with Gasteiger partial charge in [0.2, 0.25) is 0 Å². The first kappa shape index (κ1) is 25.5. The molecule has 0 amide bonds. The van der Waals surface area contributed by atoms with Gasteiger partial charge in [0.1, 0.15) is 0 Å². The first-order valence-electron chi connectivity index (χ1n) is 12.8. The van der Waals surface area contributed by atoms with E-state index in [9.17, 15) is 4.79 Å². The van der Waals surface area contributed by atoms with Gasteiger partial charge in [0.05, 0.1) is 6.61 Å². The number of carbonyl (C=O) groups is 1. The maximum Gasteiger partial charge on any atom is 0.333 e. The lowest BCUT2D eigenvalue weighted by Crippen LogP contribution is -2.07. The molecule has 0 atom stereocenters. The Morgan fingerprint density at radius 2 is 1.12 bits per heavy atom. The quantitative estimate of drug-likeness (QED) is 0.146. The van der Waals surface area contributed by atoms with Crippen molar-refractivity contribution in [3.05, 3.63) is 90.0 Å². The van der Waals surface area contributed by atoms with Crippen molar-refractivity contribution >= 4 is 12.0 Å². The molecule has 0 heterocycles. The molecule has 2 heteroatoms. The Bertz CT molecular complexity index is 1010. The molecule has 0 unspecified atom stereocenters. The molecule has 3 rings (SSSR count). The van der Waals surface area contributed by atoms with Crippen LogP contribution in [0.2, 0.25) is 0 Å². The molecule has 34 heavy (non-hydrogen) atoms. The number of ether oxygens (including phenoxy) is 1. The third-order valence-electron chi connectivity index (χ3n) is 6.17. The van der Waals surface area contributed by atoms with Gasteiger partial charge in [-0.25, -0.2) is 4.79 Å². The van der Waals surface area contributed by atoms with Gasteiger partial charge in [-0.1, -0.05) is 131 Å². The summed E-state index contributed by atoms with van der Waals surface area (Å²) in [7, 11) is 0. The highest BCUT2D eigenvalue weighted by atomic mass is 16.5. The summed E-state index contributed by atoms with van der Waals surface area (Å²) in [4.78, 5) is 12.3. The molecular weight excluding hydrogens is 416 g/mol. The molecule has 0 aliphatic carbocycles. The smallest absolute Gasteiger partial charge is 0.333 e. The highest BCUT2D eigenvalue weighted by Gasteiger charge is 2.06. The van der Waals surface area contributed by atoms with Crippen LogP contribution in [-0.4, -0.2) is 12.6 Å². The van der Waals surface area contributed by atoms with Gasteiger partial charge >= 0.3 is 5.97 Å². The van der Waals surface area contributed by atoms with Crippen LogP contribution in [0, 0.1) is 0 Å². The lowest BCUT2D eigenvalue weighted by molar-refractivity contribution is -0.139. The van der Waals surface area contributed by atoms with Crippen molar-refractivity contribution < 1.29 is 9.53 Å². The predicted octanol–water partition coefficient (Wildman–Crippen LogP) is 9.11. The number of rotatable bonds is 13. The number of hydrogen-bond acceptors (Lipinski definition) is 2. The number of carbonyl (C=O) groups excluding carboxylic acids is 1. The SMILES string of the molecule is CCCCCCCCCCOC(=O)/C(C)=C/c1ccc(-c2ccc(-c3ccccc3)cc2)cc1. The molecule has 0 bridgehead atoms. The zero-order chi connectivity index (χ0) is 24.0. The summed E-state index contributed by atoms with van der Waals surface area (Å²) in [6, 6.07) is 27.3. The van der Waals surface area contributed by atoms with Crippen LogP contribution < -0.4 is 0 Å². The van der Waals surface area contributed by atoms with Gasteiger partial charge in [0.15, 0.2) is 0 Å². The van der Waals surface area contributed by atoms with Gasteiger partial charge in [-0.05, 0) is 47.2 Å². The standard InChI is InChI=1S/C32H38O2/c1-3-4-5-6-7-8-9-13-24-34-32(33)26(2)25-27-16-18-29(19-17-27)31-22-20-30(21-23-31)28-14-11-10-12-15-28/h10-12,14-23,25H,3-9,13,24H2,1-2H3/b26-25+. The number of benzene rings is 3. The van der Waals surface area contributed by atoms with E-state index < -0.39 is 0 Å². The minimum atomic E-state index is -0.219. The van der Waals surface area contributed by atoms with Gasteiger partial charge in [0.25, 0.3) is 0 Å². The van der Waals surface area contributed by atoms with E-state index in [-0.39, 0.29) is 5.97 Å². The van der Waals surface area contributed by atoms with Crippen LogP contribution in [0.4, 0.5) is 0 Å². The molecule has 0 aliphatic rings. The molecule has 0 aromatic heterocycles. The van der Waals surface area contributed by atoms with E-state index in [0.717, 1.165) is 24.0 Å². The highest BCUT2D eigenvalue weighted by molar-refractivity contribution is 5.93. The van der Waals surface area contributed by atoms with Crippen molar-refractivity contribution in [1.29, 1.82) is 0 Å². The fraction of sp³-hybridized carbons (Fsp3) is 0.344. The van der Waals surface area contributed by atoms with Crippen molar-refractivity contribution in [2.45, 2.75) is 65.2 Å². The molecule has 0 radical (unpaired) electrons. The molecule has 0 saturated carbocycles. The summed E-state index contributed by atoms with van der Waals surface area (Å²) in [5.41, 5.74) is 6.42. The summed E-state index contributed by atoms with van der Waals surface area (Å²) in [6.45, 7) is 4.58. The van der Waals surface area contributed by atoms with Crippen molar-refractivity contribution in [2.75, 3.05) is 6.61 Å². The van der Waals surface area contributed by atoms with Crippen molar-refractivity contribution in [1.82, 2.24) is 0 Å². The maximum atomic E-state index is 12.3. The number of hydrogen-bond donors (Lipinski definition) is 0. The Labute approximate surface area is 205 Å². The van der Waals surface area contributed by atoms with Crippen molar-refractivity contribution in [3.8, 4) is 22.3 Å². The number of unbranched alkanes of at least 4 members (excludes halogenated alkanes) is 7. The monoisotopic (exact) mass is 454 g/mol. The Kier molecular flexibility index (Phi) is 10.6. The van der Waals surface area contributed by atoms with Gasteiger partial charge in [0, 0.05) is 5.57 Å². The molecule has 0 N–H and O–H groups in total. The van der Waals surface area contributed by atoms with Crippen molar-refractivity contribution in [2.24, 2.45) is 0 Å². The van der Waals surface area contributed by atoms with Gasteiger partial charge in [-0.15, -0.1) is 0 Å². The van der Waals surface area contributed by atoms with E-state index in [4.69, 9.17) is 4.74 Å². The highest BCUT2D eigenvalue weighted by Crippen LogP contribution is 2.25. The Balaban J connectivity index is 1.45. The third kappa shape index (κ3) is 8.33. The Morgan fingerprint density at radius 3 is 1.68 bits per heavy atom. The minimum Gasteiger partial charge on any atom is -0.462 e. The summed E-state index contributed by atoms with van der Waals surface area (Å²) < 4.78 is 5.45. The fourth-order valence-electron chi connectivity index (χ4n) is 4.08. The molecule has 178 valence electrons. The van der Waals surface area contributed by atoms with Crippen LogP contribution in [0.5, 0.6) is 0 Å². The first-order chi connectivity index (χ1) is 16.7. The van der Waals surface area contributed by atoms with Gasteiger partial charge in [-0.2, -0.15) is 0 Å². The molecular formula is C32H38O2. The van der Waals surface area contributed by atoms with E-state index >= 15 is 0 Å². The summed E-state index contributed by atoms with van der Waals surface area (Å²) >= 11 is 0. The van der Waals surface area contributed by atoms with E-state index in [1.54, 1.807) is 0 Å². The summed E-state index contributed by atoms with van der Waals surface area (Å²) in [5, 5.41) is 0. The summed E-state index contributed by atoms with van der Waals surface area (Å²) in [5.74, 6) is -0.219.